The molecule has 0 spiro atoms. The maximum absolute atomic E-state index is 4.67. The number of hydrogen-bond acceptors (Lipinski definition) is 11. The number of rotatable bonds is 8. The first kappa shape index (κ1) is 23.9. The van der Waals surface area contributed by atoms with E-state index in [0.29, 0.717) is 0 Å². The SMILES string of the molecule is [Na+].[Na+].[S-]SSSSSSSSS[S-]. The van der Waals surface area contributed by atoms with E-state index in [1.165, 1.54) is 19.7 Å². The minimum Gasteiger partial charge on any atom is -0.706 e. The van der Waals surface area contributed by atoms with E-state index in [9.17, 15) is 0 Å². The normalized spacial score (nSPS) is 8.77. The second kappa shape index (κ2) is 23.0. The third kappa shape index (κ3) is 23.4. The molecule has 0 amide bonds. The van der Waals surface area contributed by atoms with Crippen molar-refractivity contribution in [2.24, 2.45) is 0 Å². The van der Waals surface area contributed by atoms with Crippen LogP contribution in [0.2, 0.25) is 0 Å². The van der Waals surface area contributed by atoms with E-state index < -0.39 is 0 Å². The van der Waals surface area contributed by atoms with Gasteiger partial charge in [-0.3, -0.25) is 19.7 Å². The van der Waals surface area contributed by atoms with Gasteiger partial charge in [-0.15, -0.1) is 0 Å². The van der Waals surface area contributed by atoms with E-state index in [-0.39, 0.29) is 59.1 Å². The zero-order valence-electron chi connectivity index (χ0n) is 6.49. The van der Waals surface area contributed by atoms with Crippen LogP contribution in [0.25, 0.3) is 0 Å². The van der Waals surface area contributed by atoms with Crippen molar-refractivity contribution in [2.45, 2.75) is 0 Å². The molecular formula is Na2S11. The Morgan fingerprint density at radius 2 is 0.692 bits per heavy atom. The van der Waals surface area contributed by atoms with Gasteiger partial charge in [-0.05, 0) is 68.8 Å². The van der Waals surface area contributed by atoms with Gasteiger partial charge in [0.1, 0.15) is 0 Å². The molecule has 13 heteroatoms. The van der Waals surface area contributed by atoms with E-state index in [1.54, 1.807) is 68.8 Å². The second-order valence-corrected chi connectivity index (χ2v) is 16.5. The van der Waals surface area contributed by atoms with Crippen LogP contribution < -0.4 is 59.1 Å². The molecule has 13 heavy (non-hydrogen) atoms. The van der Waals surface area contributed by atoms with E-state index in [4.69, 9.17) is 0 Å². The summed E-state index contributed by atoms with van der Waals surface area (Å²) in [4.78, 5) is 0. The molecule has 0 aromatic carbocycles. The van der Waals surface area contributed by atoms with Gasteiger partial charge in [-0.2, -0.15) is 0 Å². The molecule has 0 saturated heterocycles. The summed E-state index contributed by atoms with van der Waals surface area (Å²) >= 11 is 9.35. The molecule has 0 aliphatic carbocycles. The van der Waals surface area contributed by atoms with Gasteiger partial charge in [-0.1, -0.05) is 0 Å². The van der Waals surface area contributed by atoms with Gasteiger partial charge in [0.05, 0.1) is 0 Å². The van der Waals surface area contributed by atoms with Crippen LogP contribution in [0.15, 0.2) is 0 Å². The van der Waals surface area contributed by atoms with Crippen molar-refractivity contribution in [3.8, 4) is 0 Å². The molecule has 0 N–H and O–H groups in total. The molecule has 0 heterocycles. The Labute approximate surface area is 167 Å². The molecule has 0 radical (unpaired) electrons. The molecule has 0 fully saturated rings. The molecule has 0 saturated carbocycles. The van der Waals surface area contributed by atoms with Crippen molar-refractivity contribution in [3.05, 3.63) is 0 Å². The zero-order valence-corrected chi connectivity index (χ0v) is 19.5. The summed E-state index contributed by atoms with van der Waals surface area (Å²) in [6.07, 6.45) is 0. The summed E-state index contributed by atoms with van der Waals surface area (Å²) in [5, 5.41) is 0. The van der Waals surface area contributed by atoms with Crippen LogP contribution in [0.1, 0.15) is 0 Å². The first-order valence-corrected chi connectivity index (χ1v) is 15.0. The molecule has 68 valence electrons. The molecule has 0 aromatic rings. The standard InChI is InChI=1S/2Na.H2S11/c;;1-3-5-7-9-11-10-8-6-4-2/h;;1-2H/q2*+1;/p-2. The molecule has 0 nitrogen and oxygen atoms in total. The third-order valence-corrected chi connectivity index (χ3v) is 18.0. The van der Waals surface area contributed by atoms with Gasteiger partial charge in [0.2, 0.25) is 0 Å². The van der Waals surface area contributed by atoms with Crippen LogP contribution in [0.3, 0.4) is 0 Å². The van der Waals surface area contributed by atoms with E-state index >= 15 is 0 Å². The predicted molar refractivity (Wildman–Crippen MR) is 83.0 cm³/mol. The van der Waals surface area contributed by atoms with Crippen molar-refractivity contribution < 1.29 is 59.1 Å². The van der Waals surface area contributed by atoms with Gasteiger partial charge in [0, 0.05) is 0 Å². The Morgan fingerprint density at radius 3 is 0.923 bits per heavy atom. The van der Waals surface area contributed by atoms with Crippen molar-refractivity contribution in [1.29, 1.82) is 0 Å². The van der Waals surface area contributed by atoms with E-state index in [2.05, 4.69) is 23.3 Å². The Morgan fingerprint density at radius 1 is 0.462 bits per heavy atom. The first-order chi connectivity index (χ1) is 5.41. The average Bonchev–Trinajstić information content (AvgIpc) is 2.03. The van der Waals surface area contributed by atoms with Crippen LogP contribution in [-0.4, -0.2) is 0 Å². The monoisotopic (exact) mass is 398 g/mol. The quantitative estimate of drug-likeness (QED) is 0.232. The minimum atomic E-state index is 0. The summed E-state index contributed by atoms with van der Waals surface area (Å²) in [6.45, 7) is 0. The van der Waals surface area contributed by atoms with Crippen LogP contribution in [0.4, 0.5) is 0 Å². The summed E-state index contributed by atoms with van der Waals surface area (Å²) in [6, 6.07) is 0. The molecule has 0 aliphatic heterocycles. The fraction of sp³-hybridized carbons (Fsp3) is 0. The minimum absolute atomic E-state index is 0. The molecule has 0 unspecified atom stereocenters. The molecule has 0 atom stereocenters. The molecule has 0 rings (SSSR count). The van der Waals surface area contributed by atoms with Gasteiger partial charge in [0.25, 0.3) is 0 Å². The fourth-order valence-electron chi connectivity index (χ4n) is 0.0794. The van der Waals surface area contributed by atoms with Gasteiger partial charge < -0.3 is 23.3 Å². The summed E-state index contributed by atoms with van der Waals surface area (Å²) < 4.78 is 0. The zero-order chi connectivity index (χ0) is 8.36. The maximum atomic E-state index is 4.67. The fourth-order valence-corrected chi connectivity index (χ4v) is 19.3. The van der Waals surface area contributed by atoms with E-state index in [0.717, 1.165) is 0 Å². The van der Waals surface area contributed by atoms with Crippen molar-refractivity contribution in [1.82, 2.24) is 0 Å². The molecular weight excluding hydrogens is 399 g/mol. The van der Waals surface area contributed by atoms with Gasteiger partial charge >= 0.3 is 59.1 Å². The van der Waals surface area contributed by atoms with Crippen LogP contribution in [0, 0.1) is 0 Å². The summed E-state index contributed by atoms with van der Waals surface area (Å²) in [5.74, 6) is 0. The topological polar surface area (TPSA) is 0 Å². The Hall–Kier alpha value is 5.85. The van der Waals surface area contributed by atoms with Gasteiger partial charge in [-0.25, -0.2) is 0 Å². The smallest absolute Gasteiger partial charge is 0.706 e. The molecule has 0 aliphatic rings. The maximum Gasteiger partial charge on any atom is 1.00 e. The second-order valence-electron chi connectivity index (χ2n) is 0.612. The van der Waals surface area contributed by atoms with Crippen LogP contribution >= 0.6 is 88.4 Å². The van der Waals surface area contributed by atoms with Crippen molar-refractivity contribution >= 4 is 112 Å². The van der Waals surface area contributed by atoms with Crippen molar-refractivity contribution in [3.63, 3.8) is 0 Å². The molecule has 0 bridgehead atoms. The van der Waals surface area contributed by atoms with Gasteiger partial charge in [0.15, 0.2) is 0 Å². The van der Waals surface area contributed by atoms with Crippen LogP contribution in [-0.2, 0) is 23.3 Å². The Bertz CT molecular complexity index is 57.1. The largest absolute Gasteiger partial charge is 1.00 e. The summed E-state index contributed by atoms with van der Waals surface area (Å²) in [5.41, 5.74) is 0. The first-order valence-electron chi connectivity index (χ1n) is 1.67. The summed E-state index contributed by atoms with van der Waals surface area (Å²) in [7, 11) is 14.5. The van der Waals surface area contributed by atoms with E-state index in [1.807, 2.05) is 0 Å². The van der Waals surface area contributed by atoms with Crippen molar-refractivity contribution in [2.75, 3.05) is 0 Å². The van der Waals surface area contributed by atoms with Crippen LogP contribution in [0.5, 0.6) is 0 Å². The average molecular weight is 399 g/mol. The number of hydrogen-bond donors (Lipinski definition) is 0. The predicted octanol–water partition coefficient (Wildman–Crippen LogP) is -0.163. The third-order valence-electron chi connectivity index (χ3n) is 0.222. The Kier molecular flexibility index (Phi) is 42.3. The molecule has 0 aromatic heterocycles. The Balaban J connectivity index is -0.000000500.